The van der Waals surface area contributed by atoms with Crippen molar-refractivity contribution in [3.05, 3.63) is 29.6 Å². The van der Waals surface area contributed by atoms with E-state index in [1.165, 1.54) is 0 Å². The first-order valence-corrected chi connectivity index (χ1v) is 8.06. The molecule has 1 aromatic rings. The van der Waals surface area contributed by atoms with Gasteiger partial charge in [-0.1, -0.05) is 6.42 Å². The standard InChI is InChI=1S/C17H19F4NO2/c1-22-11-3-2-4-12(22)8-10(7-11)16(23)14-9-13(5-6-15(14)18)24-17(19,20)21/h5-6,9-12H,2-4,7-8H2,1H3. The number of ether oxygens (including phenoxy) is 1. The number of carbonyl (C=O) groups excluding carboxylic acids is 1. The zero-order valence-corrected chi connectivity index (χ0v) is 13.3. The second kappa shape index (κ2) is 6.35. The zero-order chi connectivity index (χ0) is 17.5. The van der Waals surface area contributed by atoms with Crippen molar-refractivity contribution in [3.8, 4) is 5.75 Å². The first-order chi connectivity index (χ1) is 11.2. The number of Topliss-reactive ketones (excluding diaryl/α,β-unsaturated/α-hetero) is 1. The van der Waals surface area contributed by atoms with Gasteiger partial charge in [-0.05, 0) is 50.9 Å². The number of halogens is 4. The van der Waals surface area contributed by atoms with Crippen molar-refractivity contribution in [2.75, 3.05) is 7.05 Å². The quantitative estimate of drug-likeness (QED) is 0.608. The molecule has 2 unspecified atom stereocenters. The van der Waals surface area contributed by atoms with Gasteiger partial charge in [0.25, 0.3) is 0 Å². The minimum atomic E-state index is -4.87. The van der Waals surface area contributed by atoms with E-state index in [-0.39, 0.29) is 23.6 Å². The number of hydrogen-bond acceptors (Lipinski definition) is 3. The highest BCUT2D eigenvalue weighted by Crippen LogP contribution is 2.38. The van der Waals surface area contributed by atoms with E-state index in [1.807, 2.05) is 7.05 Å². The Hall–Kier alpha value is -1.63. The van der Waals surface area contributed by atoms with E-state index in [0.29, 0.717) is 12.8 Å². The maximum absolute atomic E-state index is 14.0. The molecule has 132 valence electrons. The van der Waals surface area contributed by atoms with Gasteiger partial charge in [0.15, 0.2) is 5.78 Å². The molecule has 0 saturated carbocycles. The maximum Gasteiger partial charge on any atom is 0.573 e. The van der Waals surface area contributed by atoms with E-state index in [2.05, 4.69) is 9.64 Å². The molecule has 7 heteroatoms. The number of nitrogens with zero attached hydrogens (tertiary/aromatic N) is 1. The predicted octanol–water partition coefficient (Wildman–Crippen LogP) is 4.17. The van der Waals surface area contributed by atoms with Gasteiger partial charge in [0.2, 0.25) is 0 Å². The molecule has 2 bridgehead atoms. The van der Waals surface area contributed by atoms with E-state index in [4.69, 9.17) is 0 Å². The lowest BCUT2D eigenvalue weighted by Gasteiger charge is -2.46. The Kier molecular flexibility index (Phi) is 4.55. The Bertz CT molecular complexity index is 618. The van der Waals surface area contributed by atoms with Crippen LogP contribution in [0, 0.1) is 11.7 Å². The lowest BCUT2D eigenvalue weighted by molar-refractivity contribution is -0.274. The van der Waals surface area contributed by atoms with Gasteiger partial charge in [-0.25, -0.2) is 4.39 Å². The minimum Gasteiger partial charge on any atom is -0.406 e. The average Bonchev–Trinajstić information content (AvgIpc) is 2.47. The predicted molar refractivity (Wildman–Crippen MR) is 79.3 cm³/mol. The Morgan fingerprint density at radius 2 is 1.83 bits per heavy atom. The molecule has 2 aliphatic heterocycles. The summed E-state index contributed by atoms with van der Waals surface area (Å²) in [5.41, 5.74) is -0.315. The molecule has 2 fully saturated rings. The van der Waals surface area contributed by atoms with E-state index in [9.17, 15) is 22.4 Å². The first-order valence-electron chi connectivity index (χ1n) is 8.06. The molecule has 0 N–H and O–H groups in total. The lowest BCUT2D eigenvalue weighted by Crippen LogP contribution is -2.51. The highest BCUT2D eigenvalue weighted by molar-refractivity contribution is 5.98. The summed E-state index contributed by atoms with van der Waals surface area (Å²) in [6.45, 7) is 0. The van der Waals surface area contributed by atoms with E-state index >= 15 is 0 Å². The maximum atomic E-state index is 14.0. The van der Waals surface area contributed by atoms with Crippen molar-refractivity contribution in [2.45, 2.75) is 50.6 Å². The third-order valence-electron chi connectivity index (χ3n) is 5.15. The average molecular weight is 345 g/mol. The van der Waals surface area contributed by atoms with Crippen LogP contribution >= 0.6 is 0 Å². The van der Waals surface area contributed by atoms with E-state index < -0.39 is 23.7 Å². The third kappa shape index (κ3) is 3.55. The molecular formula is C17H19F4NO2. The molecular weight excluding hydrogens is 326 g/mol. The number of rotatable bonds is 3. The van der Waals surface area contributed by atoms with Crippen LogP contribution in [0.3, 0.4) is 0 Å². The van der Waals surface area contributed by atoms with Crippen LogP contribution in [0.1, 0.15) is 42.5 Å². The number of piperidine rings is 2. The SMILES string of the molecule is CN1C2CCCC1CC(C(=O)c1cc(OC(F)(F)F)ccc1F)C2. The molecule has 0 aliphatic carbocycles. The summed E-state index contributed by atoms with van der Waals surface area (Å²) in [5, 5.41) is 0. The Labute approximate surface area is 137 Å². The van der Waals surface area contributed by atoms with Crippen molar-refractivity contribution < 1.29 is 27.1 Å². The van der Waals surface area contributed by atoms with Crippen LogP contribution in [-0.2, 0) is 0 Å². The minimum absolute atomic E-state index is 0.282. The number of alkyl halides is 3. The lowest BCUT2D eigenvalue weighted by atomic mass is 9.76. The van der Waals surface area contributed by atoms with Crippen molar-refractivity contribution >= 4 is 5.78 Å². The Balaban J connectivity index is 1.81. The molecule has 3 nitrogen and oxygen atoms in total. The monoisotopic (exact) mass is 345 g/mol. The molecule has 2 atom stereocenters. The fourth-order valence-corrected chi connectivity index (χ4v) is 3.94. The largest absolute Gasteiger partial charge is 0.573 e. The van der Waals surface area contributed by atoms with Gasteiger partial charge in [0, 0.05) is 18.0 Å². The van der Waals surface area contributed by atoms with Gasteiger partial charge >= 0.3 is 6.36 Å². The van der Waals surface area contributed by atoms with Gasteiger partial charge in [-0.15, -0.1) is 13.2 Å². The van der Waals surface area contributed by atoms with Crippen molar-refractivity contribution in [2.24, 2.45) is 5.92 Å². The van der Waals surface area contributed by atoms with Gasteiger partial charge in [0.1, 0.15) is 11.6 Å². The van der Waals surface area contributed by atoms with Crippen molar-refractivity contribution in [1.29, 1.82) is 0 Å². The van der Waals surface area contributed by atoms with Crippen LogP contribution in [0.15, 0.2) is 18.2 Å². The molecule has 0 amide bonds. The normalized spacial score (nSPS) is 27.8. The second-order valence-corrected chi connectivity index (χ2v) is 6.63. The van der Waals surface area contributed by atoms with Crippen LogP contribution < -0.4 is 4.74 Å². The van der Waals surface area contributed by atoms with Gasteiger partial charge in [-0.3, -0.25) is 4.79 Å². The van der Waals surface area contributed by atoms with Crippen LogP contribution in [0.5, 0.6) is 5.75 Å². The van der Waals surface area contributed by atoms with Gasteiger partial charge in [-0.2, -0.15) is 0 Å². The number of benzene rings is 1. The highest BCUT2D eigenvalue weighted by atomic mass is 19.4. The van der Waals surface area contributed by atoms with Crippen LogP contribution in [0.25, 0.3) is 0 Å². The third-order valence-corrected chi connectivity index (χ3v) is 5.15. The van der Waals surface area contributed by atoms with E-state index in [1.54, 1.807) is 0 Å². The number of carbonyl (C=O) groups is 1. The molecule has 2 saturated heterocycles. The second-order valence-electron chi connectivity index (χ2n) is 6.63. The number of ketones is 1. The smallest absolute Gasteiger partial charge is 0.406 e. The highest BCUT2D eigenvalue weighted by Gasteiger charge is 2.39. The van der Waals surface area contributed by atoms with Crippen LogP contribution in [-0.4, -0.2) is 36.2 Å². The summed E-state index contributed by atoms with van der Waals surface area (Å²) >= 11 is 0. The molecule has 3 rings (SSSR count). The zero-order valence-electron chi connectivity index (χ0n) is 13.3. The van der Waals surface area contributed by atoms with Crippen LogP contribution in [0.4, 0.5) is 17.6 Å². The van der Waals surface area contributed by atoms with Gasteiger partial charge in [0.05, 0.1) is 5.56 Å². The Morgan fingerprint density at radius 3 is 2.42 bits per heavy atom. The molecule has 0 spiro atoms. The topological polar surface area (TPSA) is 29.5 Å². The first kappa shape index (κ1) is 17.2. The van der Waals surface area contributed by atoms with Gasteiger partial charge < -0.3 is 9.64 Å². The number of hydrogen-bond donors (Lipinski definition) is 0. The molecule has 24 heavy (non-hydrogen) atoms. The summed E-state index contributed by atoms with van der Waals surface area (Å²) in [7, 11) is 2.04. The summed E-state index contributed by atoms with van der Waals surface area (Å²) < 4.78 is 54.8. The molecule has 0 radical (unpaired) electrons. The van der Waals surface area contributed by atoms with E-state index in [0.717, 1.165) is 37.5 Å². The fraction of sp³-hybridized carbons (Fsp3) is 0.588. The van der Waals surface area contributed by atoms with Crippen LogP contribution in [0.2, 0.25) is 0 Å². The summed E-state index contributed by atoms with van der Waals surface area (Å²) in [6.07, 6.45) is -0.523. The summed E-state index contributed by atoms with van der Waals surface area (Å²) in [4.78, 5) is 15.0. The summed E-state index contributed by atoms with van der Waals surface area (Å²) in [6, 6.07) is 3.15. The molecule has 1 aromatic carbocycles. The summed E-state index contributed by atoms with van der Waals surface area (Å²) in [5.74, 6) is -2.16. The Morgan fingerprint density at radius 1 is 1.21 bits per heavy atom. The molecule has 0 aromatic heterocycles. The molecule has 2 aliphatic rings. The number of fused-ring (bicyclic) bond motifs is 2. The van der Waals surface area contributed by atoms with Crippen molar-refractivity contribution in [1.82, 2.24) is 4.90 Å². The van der Waals surface area contributed by atoms with Crippen molar-refractivity contribution in [3.63, 3.8) is 0 Å². The molecule has 2 heterocycles. The fourth-order valence-electron chi connectivity index (χ4n) is 3.94.